The molecule has 0 saturated heterocycles. The van der Waals surface area contributed by atoms with Gasteiger partial charge in [-0.05, 0) is 54.7 Å². The number of phenols is 1. The number of rotatable bonds is 11. The van der Waals surface area contributed by atoms with E-state index in [2.05, 4.69) is 19.6 Å². The second kappa shape index (κ2) is 11.3. The fourth-order valence-electron chi connectivity index (χ4n) is 3.43. The van der Waals surface area contributed by atoms with Crippen LogP contribution in [0.15, 0.2) is 66.8 Å². The Balaban J connectivity index is 2.06. The summed E-state index contributed by atoms with van der Waals surface area (Å²) in [5.74, 6) is -0.378. The average Bonchev–Trinajstić information content (AvgIpc) is 2.74. The molecule has 0 saturated carbocycles. The standard InChI is InChI=1S/C24H29NO5/c1-3-5-17(16-18-6-13-21(26)14-7-18)8-15-23(27)22(4-2)24(28)19-9-11-20(12-10-19)25(29)30/h4,6-7,9-14,16,22-24,26-28H,2-3,5,8,15H2,1H3/b17-16+/t22-,23-,24-/m1/s1. The summed E-state index contributed by atoms with van der Waals surface area (Å²) in [6.07, 6.45) is 4.73. The van der Waals surface area contributed by atoms with Gasteiger partial charge >= 0.3 is 0 Å². The van der Waals surface area contributed by atoms with Crippen LogP contribution in [0.2, 0.25) is 0 Å². The largest absolute Gasteiger partial charge is 0.508 e. The van der Waals surface area contributed by atoms with Gasteiger partial charge in [0, 0.05) is 18.1 Å². The molecule has 30 heavy (non-hydrogen) atoms. The van der Waals surface area contributed by atoms with Crippen molar-refractivity contribution in [3.05, 3.63) is 88.0 Å². The number of nitro groups is 1. The molecule has 0 heterocycles. The monoisotopic (exact) mass is 411 g/mol. The zero-order chi connectivity index (χ0) is 22.1. The van der Waals surface area contributed by atoms with Crippen molar-refractivity contribution >= 4 is 11.8 Å². The molecule has 6 heteroatoms. The van der Waals surface area contributed by atoms with E-state index >= 15 is 0 Å². The predicted octanol–water partition coefficient (Wildman–Crippen LogP) is 5.16. The maximum atomic E-state index is 10.8. The molecule has 0 spiro atoms. The van der Waals surface area contributed by atoms with Gasteiger partial charge in [-0.2, -0.15) is 0 Å². The maximum absolute atomic E-state index is 10.8. The van der Waals surface area contributed by atoms with Gasteiger partial charge in [-0.1, -0.05) is 43.2 Å². The van der Waals surface area contributed by atoms with Crippen molar-refractivity contribution in [2.75, 3.05) is 0 Å². The summed E-state index contributed by atoms with van der Waals surface area (Å²) in [6.45, 7) is 5.84. The summed E-state index contributed by atoms with van der Waals surface area (Å²) in [5.41, 5.74) is 2.61. The Morgan fingerprint density at radius 1 is 1.10 bits per heavy atom. The third kappa shape index (κ3) is 6.54. The molecule has 0 aliphatic rings. The van der Waals surface area contributed by atoms with E-state index < -0.39 is 23.0 Å². The SMILES string of the molecule is C=C[C@H]([C@H](O)CC/C(=C/c1ccc(O)cc1)CCC)[C@H](O)c1ccc([N+](=O)[O-])cc1. The highest BCUT2D eigenvalue weighted by atomic mass is 16.6. The van der Waals surface area contributed by atoms with Gasteiger partial charge in [-0.3, -0.25) is 10.1 Å². The number of non-ortho nitro benzene ring substituents is 1. The fourth-order valence-corrected chi connectivity index (χ4v) is 3.43. The molecular weight excluding hydrogens is 382 g/mol. The van der Waals surface area contributed by atoms with Gasteiger partial charge in [-0.25, -0.2) is 0 Å². The molecule has 0 aliphatic carbocycles. The molecule has 0 aliphatic heterocycles. The van der Waals surface area contributed by atoms with E-state index in [4.69, 9.17) is 0 Å². The van der Waals surface area contributed by atoms with Crippen molar-refractivity contribution < 1.29 is 20.2 Å². The summed E-state index contributed by atoms with van der Waals surface area (Å²) in [7, 11) is 0. The van der Waals surface area contributed by atoms with Gasteiger partial charge < -0.3 is 15.3 Å². The quantitative estimate of drug-likeness (QED) is 0.269. The van der Waals surface area contributed by atoms with Crippen LogP contribution >= 0.6 is 0 Å². The van der Waals surface area contributed by atoms with E-state index in [1.54, 1.807) is 12.1 Å². The molecule has 2 rings (SSSR count). The van der Waals surface area contributed by atoms with E-state index in [0.29, 0.717) is 18.4 Å². The number of nitro benzene ring substituents is 1. The Hall–Kier alpha value is -2.96. The topological polar surface area (TPSA) is 104 Å². The highest BCUT2D eigenvalue weighted by Crippen LogP contribution is 2.30. The molecule has 0 aromatic heterocycles. The summed E-state index contributed by atoms with van der Waals surface area (Å²) in [5, 5.41) is 41.6. The van der Waals surface area contributed by atoms with E-state index in [-0.39, 0.29) is 11.4 Å². The molecule has 2 aromatic carbocycles. The highest BCUT2D eigenvalue weighted by Gasteiger charge is 2.26. The zero-order valence-corrected chi connectivity index (χ0v) is 17.1. The molecule has 2 aromatic rings. The number of benzene rings is 2. The molecule has 0 unspecified atom stereocenters. The second-order valence-electron chi connectivity index (χ2n) is 7.36. The molecule has 0 radical (unpaired) electrons. The maximum Gasteiger partial charge on any atom is 0.269 e. The van der Waals surface area contributed by atoms with Crippen LogP contribution < -0.4 is 0 Å². The lowest BCUT2D eigenvalue weighted by Gasteiger charge is -2.25. The van der Waals surface area contributed by atoms with Crippen LogP contribution in [-0.2, 0) is 0 Å². The van der Waals surface area contributed by atoms with Crippen molar-refractivity contribution in [2.24, 2.45) is 5.92 Å². The fraction of sp³-hybridized carbons (Fsp3) is 0.333. The summed E-state index contributed by atoms with van der Waals surface area (Å²) >= 11 is 0. The van der Waals surface area contributed by atoms with Gasteiger partial charge in [0.2, 0.25) is 0 Å². The molecule has 0 amide bonds. The lowest BCUT2D eigenvalue weighted by Crippen LogP contribution is -2.25. The number of phenolic OH excluding ortho intramolecular Hbond substituents is 1. The Bertz CT molecular complexity index is 858. The van der Waals surface area contributed by atoms with Crippen molar-refractivity contribution in [1.29, 1.82) is 0 Å². The first-order valence-corrected chi connectivity index (χ1v) is 10.1. The number of aromatic hydroxyl groups is 1. The van der Waals surface area contributed by atoms with Crippen molar-refractivity contribution in [3.8, 4) is 5.75 Å². The van der Waals surface area contributed by atoms with Crippen molar-refractivity contribution in [3.63, 3.8) is 0 Å². The molecule has 0 bridgehead atoms. The van der Waals surface area contributed by atoms with Gasteiger partial charge in [0.05, 0.1) is 17.1 Å². The van der Waals surface area contributed by atoms with Gasteiger partial charge in [0.25, 0.3) is 5.69 Å². The Morgan fingerprint density at radius 3 is 2.27 bits per heavy atom. The average molecular weight is 411 g/mol. The smallest absolute Gasteiger partial charge is 0.269 e. The van der Waals surface area contributed by atoms with Gasteiger partial charge in [0.1, 0.15) is 5.75 Å². The minimum absolute atomic E-state index is 0.0507. The number of aliphatic hydroxyl groups excluding tert-OH is 2. The molecule has 3 N–H and O–H groups in total. The molecule has 160 valence electrons. The van der Waals surface area contributed by atoms with Crippen LogP contribution in [-0.4, -0.2) is 26.3 Å². The summed E-state index contributed by atoms with van der Waals surface area (Å²) in [4.78, 5) is 10.3. The minimum atomic E-state index is -1.01. The first kappa shape index (κ1) is 23.3. The molecule has 0 fully saturated rings. The van der Waals surface area contributed by atoms with Crippen LogP contribution in [0.3, 0.4) is 0 Å². The molecular formula is C24H29NO5. The molecule has 6 nitrogen and oxygen atoms in total. The van der Waals surface area contributed by atoms with E-state index in [9.17, 15) is 25.4 Å². The van der Waals surface area contributed by atoms with E-state index in [0.717, 1.165) is 18.4 Å². The number of aliphatic hydroxyl groups is 2. The number of hydrogen-bond donors (Lipinski definition) is 3. The summed E-state index contributed by atoms with van der Waals surface area (Å²) in [6, 6.07) is 12.6. The first-order valence-electron chi connectivity index (χ1n) is 10.1. The normalized spacial score (nSPS) is 14.7. The Labute approximate surface area is 177 Å². The van der Waals surface area contributed by atoms with Crippen LogP contribution in [0.4, 0.5) is 5.69 Å². The third-order valence-corrected chi connectivity index (χ3v) is 5.12. The Kier molecular flexibility index (Phi) is 8.77. The lowest BCUT2D eigenvalue weighted by molar-refractivity contribution is -0.384. The highest BCUT2D eigenvalue weighted by molar-refractivity contribution is 5.53. The summed E-state index contributed by atoms with van der Waals surface area (Å²) < 4.78 is 0. The van der Waals surface area contributed by atoms with Crippen LogP contribution in [0.1, 0.15) is 49.8 Å². The van der Waals surface area contributed by atoms with Gasteiger partial charge in [-0.15, -0.1) is 6.58 Å². The van der Waals surface area contributed by atoms with Crippen LogP contribution in [0.25, 0.3) is 6.08 Å². The van der Waals surface area contributed by atoms with Crippen molar-refractivity contribution in [1.82, 2.24) is 0 Å². The second-order valence-corrected chi connectivity index (χ2v) is 7.36. The first-order chi connectivity index (χ1) is 14.3. The predicted molar refractivity (Wildman–Crippen MR) is 118 cm³/mol. The van der Waals surface area contributed by atoms with Crippen molar-refractivity contribution in [2.45, 2.75) is 44.8 Å². The van der Waals surface area contributed by atoms with E-state index in [1.165, 1.54) is 35.9 Å². The molecule has 3 atom stereocenters. The van der Waals surface area contributed by atoms with Gasteiger partial charge in [0.15, 0.2) is 0 Å². The number of nitrogens with zero attached hydrogens (tertiary/aromatic N) is 1. The minimum Gasteiger partial charge on any atom is -0.508 e. The lowest BCUT2D eigenvalue weighted by atomic mass is 9.87. The van der Waals surface area contributed by atoms with Crippen LogP contribution in [0, 0.1) is 16.0 Å². The number of allylic oxidation sites excluding steroid dienone is 1. The third-order valence-electron chi connectivity index (χ3n) is 5.12. The van der Waals surface area contributed by atoms with E-state index in [1.807, 2.05) is 12.1 Å². The van der Waals surface area contributed by atoms with Crippen LogP contribution in [0.5, 0.6) is 5.75 Å². The Morgan fingerprint density at radius 2 is 1.73 bits per heavy atom. The zero-order valence-electron chi connectivity index (χ0n) is 17.1. The number of hydrogen-bond acceptors (Lipinski definition) is 5.